The highest BCUT2D eigenvalue weighted by molar-refractivity contribution is 5.94. The Morgan fingerprint density at radius 3 is 2.25 bits per heavy atom. The zero-order valence-electron chi connectivity index (χ0n) is 16.2. The summed E-state index contributed by atoms with van der Waals surface area (Å²) in [5, 5.41) is 8.90. The predicted octanol–water partition coefficient (Wildman–Crippen LogP) is 2.96. The normalized spacial score (nSPS) is 20.4. The fraction of sp³-hybridized carbons (Fsp3) is 0.476. The summed E-state index contributed by atoms with van der Waals surface area (Å²) < 4.78 is 13.1. The van der Waals surface area contributed by atoms with E-state index in [1.54, 1.807) is 4.90 Å². The number of carbonyl (C=O) groups excluding carboxylic acids is 1. The first-order valence-corrected chi connectivity index (χ1v) is 10.0. The third-order valence-corrected chi connectivity index (χ3v) is 5.72. The van der Waals surface area contributed by atoms with Crippen LogP contribution < -0.4 is 9.80 Å². The molecule has 7 heteroatoms. The standard InChI is InChI=1S/C21H26FN5O/c1-16-4-2-3-11-27(16)20-10-9-19(23-24-20)25-12-14-26(15-13-25)21(28)17-5-7-18(22)8-6-17/h5-10,16H,2-4,11-15H2,1H3. The van der Waals surface area contributed by atoms with Gasteiger partial charge >= 0.3 is 0 Å². The van der Waals surface area contributed by atoms with Crippen LogP contribution in [0.1, 0.15) is 36.5 Å². The van der Waals surface area contributed by atoms with E-state index in [1.807, 2.05) is 6.07 Å². The van der Waals surface area contributed by atoms with Gasteiger partial charge in [0.1, 0.15) is 5.82 Å². The summed E-state index contributed by atoms with van der Waals surface area (Å²) in [4.78, 5) is 18.9. The highest BCUT2D eigenvalue weighted by Gasteiger charge is 2.24. The van der Waals surface area contributed by atoms with E-state index in [0.717, 1.165) is 18.2 Å². The molecule has 2 fully saturated rings. The maximum absolute atomic E-state index is 13.1. The molecular formula is C21H26FN5O. The highest BCUT2D eigenvalue weighted by atomic mass is 19.1. The molecule has 6 nitrogen and oxygen atoms in total. The second kappa shape index (κ2) is 8.12. The van der Waals surface area contributed by atoms with Crippen LogP contribution in [0, 0.1) is 5.82 Å². The molecule has 1 amide bonds. The van der Waals surface area contributed by atoms with Crippen molar-refractivity contribution in [2.45, 2.75) is 32.2 Å². The lowest BCUT2D eigenvalue weighted by molar-refractivity contribution is 0.0746. The van der Waals surface area contributed by atoms with E-state index < -0.39 is 0 Å². The SMILES string of the molecule is CC1CCCCN1c1ccc(N2CCN(C(=O)c3ccc(F)cc3)CC2)nn1. The fourth-order valence-electron chi connectivity index (χ4n) is 3.99. The number of nitrogens with zero attached hydrogens (tertiary/aromatic N) is 5. The molecule has 0 N–H and O–H groups in total. The van der Waals surface area contributed by atoms with Gasteiger partial charge in [0.2, 0.25) is 0 Å². The van der Waals surface area contributed by atoms with Gasteiger partial charge in [0.15, 0.2) is 11.6 Å². The van der Waals surface area contributed by atoms with Crippen molar-refractivity contribution in [1.82, 2.24) is 15.1 Å². The molecule has 4 rings (SSSR count). The van der Waals surface area contributed by atoms with Gasteiger partial charge in [-0.1, -0.05) is 0 Å². The van der Waals surface area contributed by atoms with Gasteiger partial charge in [0, 0.05) is 44.3 Å². The molecule has 1 aromatic carbocycles. The molecule has 1 atom stereocenters. The first-order chi connectivity index (χ1) is 13.6. The summed E-state index contributed by atoms with van der Waals surface area (Å²) in [6.45, 7) is 5.93. The van der Waals surface area contributed by atoms with E-state index in [2.05, 4.69) is 33.0 Å². The van der Waals surface area contributed by atoms with Crippen molar-refractivity contribution >= 4 is 17.5 Å². The number of hydrogen-bond acceptors (Lipinski definition) is 5. The monoisotopic (exact) mass is 383 g/mol. The lowest BCUT2D eigenvalue weighted by Gasteiger charge is -2.36. The van der Waals surface area contributed by atoms with Crippen LogP contribution in [0.4, 0.5) is 16.0 Å². The van der Waals surface area contributed by atoms with Gasteiger partial charge in [0.05, 0.1) is 0 Å². The van der Waals surface area contributed by atoms with Crippen molar-refractivity contribution in [2.75, 3.05) is 42.5 Å². The van der Waals surface area contributed by atoms with Crippen molar-refractivity contribution in [3.05, 3.63) is 47.8 Å². The molecule has 0 saturated carbocycles. The van der Waals surface area contributed by atoms with E-state index in [0.29, 0.717) is 37.8 Å². The van der Waals surface area contributed by atoms with Crippen LogP contribution in [-0.4, -0.2) is 59.8 Å². The van der Waals surface area contributed by atoms with Crippen LogP contribution in [0.3, 0.4) is 0 Å². The fourth-order valence-corrected chi connectivity index (χ4v) is 3.99. The first kappa shape index (κ1) is 18.7. The Morgan fingerprint density at radius 1 is 0.929 bits per heavy atom. The molecular weight excluding hydrogens is 357 g/mol. The molecule has 0 aliphatic carbocycles. The average Bonchev–Trinajstić information content (AvgIpc) is 2.74. The largest absolute Gasteiger partial charge is 0.352 e. The third kappa shape index (κ3) is 3.93. The molecule has 2 aromatic rings. The number of anilines is 2. The molecule has 0 bridgehead atoms. The number of carbonyl (C=O) groups is 1. The maximum atomic E-state index is 13.1. The molecule has 28 heavy (non-hydrogen) atoms. The van der Waals surface area contributed by atoms with Gasteiger partial charge in [-0.25, -0.2) is 4.39 Å². The summed E-state index contributed by atoms with van der Waals surface area (Å²) in [6.07, 6.45) is 3.69. The van der Waals surface area contributed by atoms with Crippen LogP contribution in [0.25, 0.3) is 0 Å². The van der Waals surface area contributed by atoms with E-state index in [9.17, 15) is 9.18 Å². The quantitative estimate of drug-likeness (QED) is 0.816. The van der Waals surface area contributed by atoms with Crippen molar-refractivity contribution in [3.63, 3.8) is 0 Å². The third-order valence-electron chi connectivity index (χ3n) is 5.72. The van der Waals surface area contributed by atoms with Gasteiger partial charge in [-0.3, -0.25) is 4.79 Å². The lowest BCUT2D eigenvalue weighted by atomic mass is 10.0. The summed E-state index contributed by atoms with van der Waals surface area (Å²) in [5.41, 5.74) is 0.523. The minimum absolute atomic E-state index is 0.0554. The number of hydrogen-bond donors (Lipinski definition) is 0. The Hall–Kier alpha value is -2.70. The number of piperidine rings is 1. The zero-order valence-corrected chi connectivity index (χ0v) is 16.2. The molecule has 3 heterocycles. The van der Waals surface area contributed by atoms with E-state index >= 15 is 0 Å². The Morgan fingerprint density at radius 2 is 1.61 bits per heavy atom. The van der Waals surface area contributed by atoms with Gasteiger partial charge in [-0.05, 0) is 62.6 Å². The summed E-state index contributed by atoms with van der Waals surface area (Å²) in [7, 11) is 0. The Labute approximate surface area is 165 Å². The Kier molecular flexibility index (Phi) is 5.41. The first-order valence-electron chi connectivity index (χ1n) is 10.0. The van der Waals surface area contributed by atoms with Crippen LogP contribution >= 0.6 is 0 Å². The van der Waals surface area contributed by atoms with E-state index in [4.69, 9.17) is 0 Å². The van der Waals surface area contributed by atoms with Crippen LogP contribution in [-0.2, 0) is 0 Å². The zero-order chi connectivity index (χ0) is 19.5. The molecule has 1 aromatic heterocycles. The van der Waals surface area contributed by atoms with Gasteiger partial charge in [0.25, 0.3) is 5.91 Å². The number of piperazine rings is 1. The van der Waals surface area contributed by atoms with Gasteiger partial charge in [-0.15, -0.1) is 10.2 Å². The molecule has 2 aliphatic heterocycles. The highest BCUT2D eigenvalue weighted by Crippen LogP contribution is 2.24. The topological polar surface area (TPSA) is 52.6 Å². The van der Waals surface area contributed by atoms with Gasteiger partial charge < -0.3 is 14.7 Å². The smallest absolute Gasteiger partial charge is 0.253 e. The number of rotatable bonds is 3. The molecule has 2 aliphatic rings. The number of halogens is 1. The molecule has 0 spiro atoms. The van der Waals surface area contributed by atoms with Crippen molar-refractivity contribution in [1.29, 1.82) is 0 Å². The summed E-state index contributed by atoms with van der Waals surface area (Å²) in [5.74, 6) is 1.41. The molecule has 1 unspecified atom stereocenters. The van der Waals surface area contributed by atoms with Crippen molar-refractivity contribution < 1.29 is 9.18 Å². The number of amides is 1. The number of benzene rings is 1. The van der Waals surface area contributed by atoms with Gasteiger partial charge in [-0.2, -0.15) is 0 Å². The Balaban J connectivity index is 1.35. The predicted molar refractivity (Wildman–Crippen MR) is 107 cm³/mol. The van der Waals surface area contributed by atoms with Crippen molar-refractivity contribution in [2.24, 2.45) is 0 Å². The van der Waals surface area contributed by atoms with Crippen LogP contribution in [0.15, 0.2) is 36.4 Å². The summed E-state index contributed by atoms with van der Waals surface area (Å²) in [6, 6.07) is 10.3. The van der Waals surface area contributed by atoms with Crippen LogP contribution in [0.5, 0.6) is 0 Å². The Bertz CT molecular complexity index is 803. The van der Waals surface area contributed by atoms with Crippen LogP contribution in [0.2, 0.25) is 0 Å². The second-order valence-electron chi connectivity index (χ2n) is 7.57. The number of aromatic nitrogens is 2. The van der Waals surface area contributed by atoms with E-state index in [1.165, 1.54) is 43.5 Å². The van der Waals surface area contributed by atoms with E-state index in [-0.39, 0.29) is 11.7 Å². The summed E-state index contributed by atoms with van der Waals surface area (Å²) >= 11 is 0. The second-order valence-corrected chi connectivity index (χ2v) is 7.57. The minimum Gasteiger partial charge on any atom is -0.352 e. The average molecular weight is 383 g/mol. The maximum Gasteiger partial charge on any atom is 0.253 e. The minimum atomic E-state index is -0.331. The molecule has 0 radical (unpaired) electrons. The van der Waals surface area contributed by atoms with Crippen molar-refractivity contribution in [3.8, 4) is 0 Å². The molecule has 2 saturated heterocycles. The molecule has 148 valence electrons. The lowest BCUT2D eigenvalue weighted by Crippen LogP contribution is -2.49.